The van der Waals surface area contributed by atoms with E-state index in [1.54, 1.807) is 24.5 Å². The number of morpholine rings is 1. The molecule has 0 N–H and O–H groups in total. The van der Waals surface area contributed by atoms with Gasteiger partial charge in [0.25, 0.3) is 0 Å². The Morgan fingerprint density at radius 1 is 1.38 bits per heavy atom. The Balaban J connectivity index is 1.58. The highest BCUT2D eigenvalue weighted by Gasteiger charge is 2.23. The number of carbonyl (C=O) groups is 1. The molecular weight excluding hydrogens is 356 g/mol. The molecular formula is C19H21ClN2O4. The minimum atomic E-state index is -0.317. The molecule has 0 bridgehead atoms. The second-order valence-electron chi connectivity index (χ2n) is 6.03. The summed E-state index contributed by atoms with van der Waals surface area (Å²) in [6, 6.07) is 9.22. The van der Waals surface area contributed by atoms with Crippen molar-refractivity contribution in [1.29, 1.82) is 0 Å². The van der Waals surface area contributed by atoms with Crippen molar-refractivity contribution >= 4 is 17.6 Å². The zero-order chi connectivity index (χ0) is 18.4. The maximum Gasteiger partial charge on any atom is 0.338 e. The van der Waals surface area contributed by atoms with Gasteiger partial charge in [-0.1, -0.05) is 29.8 Å². The largest absolute Gasteiger partial charge is 0.489 e. The fourth-order valence-corrected chi connectivity index (χ4v) is 3.06. The first-order valence-electron chi connectivity index (χ1n) is 8.39. The van der Waals surface area contributed by atoms with E-state index >= 15 is 0 Å². The van der Waals surface area contributed by atoms with E-state index < -0.39 is 0 Å². The van der Waals surface area contributed by atoms with Crippen molar-refractivity contribution in [2.24, 2.45) is 0 Å². The fourth-order valence-electron chi connectivity index (χ4n) is 2.89. The highest BCUT2D eigenvalue weighted by atomic mass is 35.5. The molecule has 1 unspecified atom stereocenters. The Hall–Kier alpha value is -2.15. The van der Waals surface area contributed by atoms with Crippen molar-refractivity contribution in [3.8, 4) is 5.75 Å². The first-order chi connectivity index (χ1) is 12.7. The number of ether oxygens (including phenoxy) is 3. The van der Waals surface area contributed by atoms with Gasteiger partial charge in [-0.3, -0.25) is 9.88 Å². The van der Waals surface area contributed by atoms with E-state index in [2.05, 4.69) is 9.88 Å². The van der Waals surface area contributed by atoms with Crippen molar-refractivity contribution in [3.05, 3.63) is 58.9 Å². The van der Waals surface area contributed by atoms with E-state index in [-0.39, 0.29) is 12.1 Å². The van der Waals surface area contributed by atoms with Gasteiger partial charge in [-0.25, -0.2) is 4.79 Å². The van der Waals surface area contributed by atoms with Gasteiger partial charge in [0.05, 0.1) is 30.5 Å². The molecule has 0 aliphatic carbocycles. The highest BCUT2D eigenvalue weighted by molar-refractivity contribution is 6.30. The van der Waals surface area contributed by atoms with Gasteiger partial charge in [0, 0.05) is 31.9 Å². The average molecular weight is 377 g/mol. The Morgan fingerprint density at radius 3 is 3.04 bits per heavy atom. The molecule has 0 saturated carbocycles. The van der Waals surface area contributed by atoms with Crippen LogP contribution in [0.2, 0.25) is 5.02 Å². The summed E-state index contributed by atoms with van der Waals surface area (Å²) < 4.78 is 16.4. The maximum absolute atomic E-state index is 11.9. The molecule has 6 nitrogen and oxygen atoms in total. The van der Waals surface area contributed by atoms with Crippen LogP contribution in [0, 0.1) is 0 Å². The third kappa shape index (κ3) is 4.94. The zero-order valence-electron chi connectivity index (χ0n) is 14.6. The van der Waals surface area contributed by atoms with E-state index in [0.29, 0.717) is 42.6 Å². The molecule has 1 fully saturated rings. The quantitative estimate of drug-likeness (QED) is 0.722. The van der Waals surface area contributed by atoms with Crippen LogP contribution < -0.4 is 4.74 Å². The monoisotopic (exact) mass is 376 g/mol. The smallest absolute Gasteiger partial charge is 0.338 e. The van der Waals surface area contributed by atoms with Crippen molar-refractivity contribution < 1.29 is 19.0 Å². The molecule has 2 aromatic rings. The predicted molar refractivity (Wildman–Crippen MR) is 97.5 cm³/mol. The summed E-state index contributed by atoms with van der Waals surface area (Å²) in [4.78, 5) is 18.2. The lowest BCUT2D eigenvalue weighted by atomic mass is 10.1. The van der Waals surface area contributed by atoms with Crippen molar-refractivity contribution in [3.63, 3.8) is 0 Å². The molecule has 1 atom stereocenters. The first-order valence-corrected chi connectivity index (χ1v) is 8.77. The number of benzene rings is 1. The van der Waals surface area contributed by atoms with Gasteiger partial charge in [0.1, 0.15) is 18.5 Å². The van der Waals surface area contributed by atoms with Gasteiger partial charge in [-0.05, 0) is 11.6 Å². The molecule has 26 heavy (non-hydrogen) atoms. The molecule has 2 heterocycles. The van der Waals surface area contributed by atoms with Crippen molar-refractivity contribution in [2.75, 3.05) is 33.4 Å². The first kappa shape index (κ1) is 18.6. The molecule has 1 aliphatic heterocycles. The van der Waals surface area contributed by atoms with E-state index in [0.717, 1.165) is 12.1 Å². The van der Waals surface area contributed by atoms with Gasteiger partial charge in [0.15, 0.2) is 0 Å². The van der Waals surface area contributed by atoms with Crippen LogP contribution in [-0.2, 0) is 16.0 Å². The Labute approximate surface area is 157 Å². The Morgan fingerprint density at radius 2 is 2.23 bits per heavy atom. The molecule has 1 aromatic carbocycles. The molecule has 0 amide bonds. The number of hydrogen-bond acceptors (Lipinski definition) is 6. The highest BCUT2D eigenvalue weighted by Crippen LogP contribution is 2.18. The van der Waals surface area contributed by atoms with Crippen molar-refractivity contribution in [2.45, 2.75) is 12.6 Å². The number of halogens is 1. The molecule has 0 radical (unpaired) electrons. The summed E-state index contributed by atoms with van der Waals surface area (Å²) >= 11 is 5.91. The Kier molecular flexibility index (Phi) is 6.44. The number of esters is 1. The standard InChI is InChI=1S/C19H21ClN2O4/c1-24-19(23)18-5-3-2-4-14(18)11-22-6-7-25-17(12-22)13-26-16-8-15(20)9-21-10-16/h2-5,8-10,17H,6-7,11-13H2,1H3. The van der Waals surface area contributed by atoms with Gasteiger partial charge in [0.2, 0.25) is 0 Å². The number of rotatable bonds is 6. The lowest BCUT2D eigenvalue weighted by Crippen LogP contribution is -2.44. The number of nitrogens with zero attached hydrogens (tertiary/aromatic N) is 2. The van der Waals surface area contributed by atoms with E-state index in [1.165, 1.54) is 7.11 Å². The van der Waals surface area contributed by atoms with Gasteiger partial charge < -0.3 is 14.2 Å². The van der Waals surface area contributed by atoms with Gasteiger partial charge in [-0.15, -0.1) is 0 Å². The normalized spacial score (nSPS) is 17.7. The minimum Gasteiger partial charge on any atom is -0.489 e. The SMILES string of the molecule is COC(=O)c1ccccc1CN1CCOC(COc2cncc(Cl)c2)C1. The van der Waals surface area contributed by atoms with Crippen LogP contribution in [0.1, 0.15) is 15.9 Å². The number of carbonyl (C=O) groups excluding carboxylic acids is 1. The molecule has 138 valence electrons. The summed E-state index contributed by atoms with van der Waals surface area (Å²) in [6.45, 7) is 3.19. The van der Waals surface area contributed by atoms with Gasteiger partial charge in [-0.2, -0.15) is 0 Å². The molecule has 1 saturated heterocycles. The predicted octanol–water partition coefficient (Wildman–Crippen LogP) is 2.80. The molecule has 3 rings (SSSR count). The Bertz CT molecular complexity index is 756. The number of hydrogen-bond donors (Lipinski definition) is 0. The number of aromatic nitrogens is 1. The van der Waals surface area contributed by atoms with Crippen molar-refractivity contribution in [1.82, 2.24) is 9.88 Å². The van der Waals surface area contributed by atoms with Crippen LogP contribution in [-0.4, -0.2) is 55.4 Å². The summed E-state index contributed by atoms with van der Waals surface area (Å²) in [5.41, 5.74) is 1.54. The second-order valence-corrected chi connectivity index (χ2v) is 6.46. The third-order valence-corrected chi connectivity index (χ3v) is 4.36. The summed E-state index contributed by atoms with van der Waals surface area (Å²) in [7, 11) is 1.39. The zero-order valence-corrected chi connectivity index (χ0v) is 15.3. The number of pyridine rings is 1. The lowest BCUT2D eigenvalue weighted by Gasteiger charge is -2.33. The molecule has 7 heteroatoms. The second kappa shape index (κ2) is 8.98. The summed E-state index contributed by atoms with van der Waals surface area (Å²) in [6.07, 6.45) is 3.12. The van der Waals surface area contributed by atoms with Crippen LogP contribution in [0.3, 0.4) is 0 Å². The fraction of sp³-hybridized carbons (Fsp3) is 0.368. The lowest BCUT2D eigenvalue weighted by molar-refractivity contribution is -0.0505. The molecule has 0 spiro atoms. The summed E-state index contributed by atoms with van der Waals surface area (Å²) in [5.74, 6) is 0.302. The van der Waals surface area contributed by atoms with Crippen LogP contribution >= 0.6 is 11.6 Å². The topological polar surface area (TPSA) is 60.9 Å². The van der Waals surface area contributed by atoms with Gasteiger partial charge >= 0.3 is 5.97 Å². The summed E-state index contributed by atoms with van der Waals surface area (Å²) in [5, 5.41) is 0.535. The van der Waals surface area contributed by atoms with Crippen LogP contribution in [0.15, 0.2) is 42.7 Å². The maximum atomic E-state index is 11.9. The molecule has 1 aromatic heterocycles. The van der Waals surface area contributed by atoms with Crippen LogP contribution in [0.5, 0.6) is 5.75 Å². The number of methoxy groups -OCH3 is 1. The average Bonchev–Trinajstić information content (AvgIpc) is 2.67. The van der Waals surface area contributed by atoms with E-state index in [9.17, 15) is 4.79 Å². The van der Waals surface area contributed by atoms with Crippen LogP contribution in [0.25, 0.3) is 0 Å². The van der Waals surface area contributed by atoms with E-state index in [1.807, 2.05) is 18.2 Å². The molecule has 1 aliphatic rings. The van der Waals surface area contributed by atoms with Crippen LogP contribution in [0.4, 0.5) is 0 Å². The van der Waals surface area contributed by atoms with E-state index in [4.69, 9.17) is 25.8 Å². The minimum absolute atomic E-state index is 0.0620. The third-order valence-electron chi connectivity index (χ3n) is 4.16.